The summed E-state index contributed by atoms with van der Waals surface area (Å²) in [4.78, 5) is 2.54. The number of benzene rings is 1. The monoisotopic (exact) mass is 345 g/mol. The van der Waals surface area contributed by atoms with Gasteiger partial charge in [0.15, 0.2) is 0 Å². The number of alkyl halides is 1. The molecule has 0 spiro atoms. The summed E-state index contributed by atoms with van der Waals surface area (Å²) in [6.45, 7) is 3.48. The smallest absolute Gasteiger partial charge is 0.0513 e. The molecule has 0 aromatic heterocycles. The summed E-state index contributed by atoms with van der Waals surface area (Å²) in [5.41, 5.74) is 2.68. The number of anilines is 1. The van der Waals surface area contributed by atoms with Crippen molar-refractivity contribution < 1.29 is 0 Å². The molecule has 1 aliphatic rings. The van der Waals surface area contributed by atoms with E-state index in [1.165, 1.54) is 41.5 Å². The van der Waals surface area contributed by atoms with Gasteiger partial charge >= 0.3 is 0 Å². The van der Waals surface area contributed by atoms with Gasteiger partial charge in [-0.25, -0.2) is 0 Å². The number of hydrogen-bond acceptors (Lipinski definition) is 1. The lowest BCUT2D eigenvalue weighted by atomic mass is 10.1. The van der Waals surface area contributed by atoms with E-state index in [0.29, 0.717) is 0 Å². The fourth-order valence-corrected chi connectivity index (χ4v) is 3.45. The van der Waals surface area contributed by atoms with Gasteiger partial charge in [-0.05, 0) is 52.9 Å². The molecule has 1 aromatic carbocycles. The van der Waals surface area contributed by atoms with Crippen LogP contribution in [0.3, 0.4) is 0 Å². The molecule has 1 unspecified atom stereocenters. The van der Waals surface area contributed by atoms with Crippen LogP contribution >= 0.6 is 31.9 Å². The van der Waals surface area contributed by atoms with E-state index in [-0.39, 0.29) is 0 Å². The molecule has 1 fully saturated rings. The van der Waals surface area contributed by atoms with Crippen LogP contribution in [0.1, 0.15) is 31.7 Å². The highest BCUT2D eigenvalue weighted by molar-refractivity contribution is 9.10. The zero-order chi connectivity index (χ0) is 11.5. The highest BCUT2D eigenvalue weighted by Crippen LogP contribution is 2.34. The molecule has 88 valence electrons. The quantitative estimate of drug-likeness (QED) is 0.715. The molecule has 1 saturated heterocycles. The Morgan fingerprint density at radius 3 is 2.88 bits per heavy atom. The molecule has 3 heteroatoms. The van der Waals surface area contributed by atoms with E-state index in [1.54, 1.807) is 0 Å². The maximum Gasteiger partial charge on any atom is 0.0513 e. The zero-order valence-corrected chi connectivity index (χ0v) is 12.7. The second-order valence-electron chi connectivity index (χ2n) is 4.32. The van der Waals surface area contributed by atoms with Gasteiger partial charge in [0.25, 0.3) is 0 Å². The van der Waals surface area contributed by atoms with Crippen LogP contribution in [0, 0.1) is 0 Å². The summed E-state index contributed by atoms with van der Waals surface area (Å²) in [6, 6.07) is 7.40. The predicted molar refractivity (Wildman–Crippen MR) is 77.4 cm³/mol. The van der Waals surface area contributed by atoms with Crippen molar-refractivity contribution in [1.29, 1.82) is 0 Å². The summed E-state index contributed by atoms with van der Waals surface area (Å²) in [5, 5.41) is 0.920. The molecule has 1 nitrogen and oxygen atoms in total. The number of hydrogen-bond donors (Lipinski definition) is 0. The van der Waals surface area contributed by atoms with E-state index < -0.39 is 0 Å². The summed E-state index contributed by atoms with van der Waals surface area (Å²) in [6.07, 6.45) is 3.90. The van der Waals surface area contributed by atoms with Gasteiger partial charge in [-0.15, -0.1) is 0 Å². The van der Waals surface area contributed by atoms with Crippen LogP contribution in [0.5, 0.6) is 0 Å². The average Bonchev–Trinajstić information content (AvgIpc) is 2.76. The molecule has 1 aliphatic heterocycles. The maximum atomic E-state index is 3.69. The average molecular weight is 347 g/mol. The van der Waals surface area contributed by atoms with Crippen LogP contribution < -0.4 is 4.90 Å². The summed E-state index contributed by atoms with van der Waals surface area (Å²) in [5.74, 6) is 0. The number of rotatable bonds is 3. The first-order chi connectivity index (χ1) is 7.76. The lowest BCUT2D eigenvalue weighted by molar-refractivity contribution is 0.645. The molecule has 0 saturated carbocycles. The lowest BCUT2D eigenvalue weighted by Gasteiger charge is -2.27. The number of halogens is 2. The van der Waals surface area contributed by atoms with Gasteiger partial charge in [0.05, 0.1) is 5.69 Å². The third-order valence-electron chi connectivity index (χ3n) is 3.32. The van der Waals surface area contributed by atoms with Gasteiger partial charge in [-0.3, -0.25) is 0 Å². The Labute approximate surface area is 114 Å². The Bertz CT molecular complexity index is 365. The van der Waals surface area contributed by atoms with Gasteiger partial charge in [0.1, 0.15) is 0 Å². The minimum atomic E-state index is 0.728. The van der Waals surface area contributed by atoms with Crippen molar-refractivity contribution >= 4 is 37.5 Å². The molecule has 0 amide bonds. The topological polar surface area (TPSA) is 3.24 Å². The molecule has 2 rings (SSSR count). The minimum absolute atomic E-state index is 0.728. The standard InChI is InChI=1S/C13H17Br2N/c1-2-11-4-3-7-16(11)13-6-5-10(9-14)8-12(13)15/h5-6,8,11H,2-4,7,9H2,1H3. The second kappa shape index (κ2) is 5.54. The Hall–Kier alpha value is -0.0200. The van der Waals surface area contributed by atoms with Crippen molar-refractivity contribution in [2.75, 3.05) is 11.4 Å². The Balaban J connectivity index is 2.26. The van der Waals surface area contributed by atoms with E-state index >= 15 is 0 Å². The number of nitrogens with zero attached hydrogens (tertiary/aromatic N) is 1. The van der Waals surface area contributed by atoms with Crippen LogP contribution in [0.15, 0.2) is 22.7 Å². The lowest BCUT2D eigenvalue weighted by Crippen LogP contribution is -2.28. The van der Waals surface area contributed by atoms with Crippen LogP contribution in [0.25, 0.3) is 0 Å². The van der Waals surface area contributed by atoms with E-state index in [4.69, 9.17) is 0 Å². The Kier molecular flexibility index (Phi) is 4.31. The zero-order valence-electron chi connectivity index (χ0n) is 9.55. The van der Waals surface area contributed by atoms with Crippen LogP contribution in [-0.2, 0) is 5.33 Å². The molecule has 1 heterocycles. The van der Waals surface area contributed by atoms with Crippen molar-refractivity contribution in [1.82, 2.24) is 0 Å². The normalized spacial score (nSPS) is 20.4. The van der Waals surface area contributed by atoms with Gasteiger partial charge in [-0.2, -0.15) is 0 Å². The Morgan fingerprint density at radius 1 is 1.44 bits per heavy atom. The van der Waals surface area contributed by atoms with Crippen LogP contribution in [0.4, 0.5) is 5.69 Å². The minimum Gasteiger partial charge on any atom is -0.368 e. The van der Waals surface area contributed by atoms with Crippen molar-refractivity contribution in [2.24, 2.45) is 0 Å². The van der Waals surface area contributed by atoms with Gasteiger partial charge < -0.3 is 4.90 Å². The van der Waals surface area contributed by atoms with Crippen LogP contribution in [-0.4, -0.2) is 12.6 Å². The van der Waals surface area contributed by atoms with E-state index in [9.17, 15) is 0 Å². The predicted octanol–water partition coefficient (Wildman–Crippen LogP) is 4.72. The fourth-order valence-electron chi connectivity index (χ4n) is 2.44. The second-order valence-corrected chi connectivity index (χ2v) is 5.73. The van der Waals surface area contributed by atoms with Gasteiger partial charge in [0.2, 0.25) is 0 Å². The Morgan fingerprint density at radius 2 is 2.25 bits per heavy atom. The van der Waals surface area contributed by atoms with Crippen molar-refractivity contribution in [3.8, 4) is 0 Å². The van der Waals surface area contributed by atoms with E-state index in [1.807, 2.05) is 0 Å². The molecule has 0 aliphatic carbocycles. The highest BCUT2D eigenvalue weighted by Gasteiger charge is 2.24. The summed E-state index contributed by atoms with van der Waals surface area (Å²) < 4.78 is 1.23. The first kappa shape index (κ1) is 12.4. The fraction of sp³-hybridized carbons (Fsp3) is 0.538. The molecule has 0 N–H and O–H groups in total. The van der Waals surface area contributed by atoms with Crippen molar-refractivity contribution in [3.05, 3.63) is 28.2 Å². The van der Waals surface area contributed by atoms with Gasteiger partial charge in [0, 0.05) is 22.4 Å². The highest BCUT2D eigenvalue weighted by atomic mass is 79.9. The van der Waals surface area contributed by atoms with Crippen LogP contribution in [0.2, 0.25) is 0 Å². The SMILES string of the molecule is CCC1CCCN1c1ccc(CBr)cc1Br. The molecule has 1 atom stereocenters. The largest absolute Gasteiger partial charge is 0.368 e. The van der Waals surface area contributed by atoms with Crippen molar-refractivity contribution in [2.45, 2.75) is 37.6 Å². The molecular weight excluding hydrogens is 330 g/mol. The summed E-state index contributed by atoms with van der Waals surface area (Å²) >= 11 is 7.18. The first-order valence-corrected chi connectivity index (χ1v) is 7.78. The molecule has 1 aromatic rings. The van der Waals surface area contributed by atoms with Crippen molar-refractivity contribution in [3.63, 3.8) is 0 Å². The maximum absolute atomic E-state index is 3.69. The van der Waals surface area contributed by atoms with E-state index in [2.05, 4.69) is 61.9 Å². The third-order valence-corrected chi connectivity index (χ3v) is 4.61. The molecular formula is C13H17Br2N. The first-order valence-electron chi connectivity index (χ1n) is 5.87. The summed E-state index contributed by atoms with van der Waals surface area (Å²) in [7, 11) is 0. The molecule has 16 heavy (non-hydrogen) atoms. The molecule has 0 bridgehead atoms. The van der Waals surface area contributed by atoms with Gasteiger partial charge in [-0.1, -0.05) is 28.9 Å². The van der Waals surface area contributed by atoms with E-state index in [0.717, 1.165) is 11.4 Å². The molecule has 0 radical (unpaired) electrons. The third kappa shape index (κ3) is 2.45.